The van der Waals surface area contributed by atoms with E-state index in [0.717, 1.165) is 5.57 Å². The first-order chi connectivity index (χ1) is 8.25. The maximum Gasteiger partial charge on any atom is -0.00188 e. The Kier molecular flexibility index (Phi) is 3.59. The molecule has 17 heavy (non-hydrogen) atoms. The average Bonchev–Trinajstić information content (AvgIpc) is 2.39. The van der Waals surface area contributed by atoms with Crippen molar-refractivity contribution in [1.82, 2.24) is 0 Å². The molecule has 2 aromatic carbocycles. The molecule has 0 spiro atoms. The zero-order valence-electron chi connectivity index (χ0n) is 10.3. The van der Waals surface area contributed by atoms with E-state index in [1.165, 1.54) is 16.7 Å². The highest BCUT2D eigenvalue weighted by Crippen LogP contribution is 2.12. The van der Waals surface area contributed by atoms with E-state index < -0.39 is 0 Å². The first-order valence-corrected chi connectivity index (χ1v) is 5.81. The van der Waals surface area contributed by atoms with E-state index in [-0.39, 0.29) is 0 Å². The molecule has 0 aliphatic carbocycles. The van der Waals surface area contributed by atoms with Crippen LogP contribution in [0.1, 0.15) is 23.6 Å². The van der Waals surface area contributed by atoms with Crippen LogP contribution in [0.15, 0.2) is 60.3 Å². The van der Waals surface area contributed by atoms with Gasteiger partial charge in [0.05, 0.1) is 0 Å². The number of rotatable bonds is 2. The van der Waals surface area contributed by atoms with Crippen molar-refractivity contribution in [2.45, 2.75) is 13.8 Å². The van der Waals surface area contributed by atoms with E-state index >= 15 is 0 Å². The molecule has 0 saturated heterocycles. The van der Waals surface area contributed by atoms with E-state index in [2.05, 4.69) is 56.0 Å². The summed E-state index contributed by atoms with van der Waals surface area (Å²) in [6.45, 7) is 4.18. The highest BCUT2D eigenvalue weighted by atomic mass is 14.0. The lowest BCUT2D eigenvalue weighted by Gasteiger charge is -1.96. The Labute approximate surface area is 103 Å². The summed E-state index contributed by atoms with van der Waals surface area (Å²) in [5.74, 6) is 0. The lowest BCUT2D eigenvalue weighted by molar-refractivity contribution is 1.46. The fourth-order valence-corrected chi connectivity index (χ4v) is 1.63. The van der Waals surface area contributed by atoms with Gasteiger partial charge in [-0.1, -0.05) is 60.2 Å². The van der Waals surface area contributed by atoms with Crippen LogP contribution in [-0.4, -0.2) is 0 Å². The van der Waals surface area contributed by atoms with Gasteiger partial charge in [-0.2, -0.15) is 0 Å². The van der Waals surface area contributed by atoms with E-state index in [4.69, 9.17) is 0 Å². The second-order valence-corrected chi connectivity index (χ2v) is 4.19. The molecule has 2 rings (SSSR count). The monoisotopic (exact) mass is 220 g/mol. The van der Waals surface area contributed by atoms with E-state index in [1.54, 1.807) is 0 Å². The van der Waals surface area contributed by atoms with E-state index in [0.29, 0.717) is 0 Å². The standard InChI is InChI=1S/C17H16/c1-14-8-11-16(12-9-14)13-10-15(2)17-6-4-3-5-7-17/h3-9,11-13H,1-2H3. The van der Waals surface area contributed by atoms with Crippen LogP contribution in [0, 0.1) is 6.92 Å². The zero-order chi connectivity index (χ0) is 12.1. The maximum atomic E-state index is 3.33. The Bertz CT molecular complexity index is 538. The number of hydrogen-bond acceptors (Lipinski definition) is 0. The maximum absolute atomic E-state index is 3.33. The first-order valence-electron chi connectivity index (χ1n) is 5.81. The fraction of sp³-hybridized carbons (Fsp3) is 0.118. The summed E-state index contributed by atoms with van der Waals surface area (Å²) in [5.41, 5.74) is 8.17. The summed E-state index contributed by atoms with van der Waals surface area (Å²) in [5, 5.41) is 0. The minimum Gasteiger partial charge on any atom is -0.116 e. The molecule has 0 radical (unpaired) electrons. The Hall–Kier alpha value is -2.04. The predicted molar refractivity (Wildman–Crippen MR) is 74.7 cm³/mol. The van der Waals surface area contributed by atoms with Gasteiger partial charge >= 0.3 is 0 Å². The molecule has 0 atom stereocenters. The second kappa shape index (κ2) is 5.34. The van der Waals surface area contributed by atoms with Crippen molar-refractivity contribution >= 4 is 11.6 Å². The molecule has 0 heteroatoms. The number of aryl methyl sites for hydroxylation is 1. The van der Waals surface area contributed by atoms with Crippen molar-refractivity contribution in [2.24, 2.45) is 0 Å². The Morgan fingerprint density at radius 3 is 2.24 bits per heavy atom. The minimum absolute atomic E-state index is 1.16. The van der Waals surface area contributed by atoms with Gasteiger partial charge in [-0.25, -0.2) is 0 Å². The van der Waals surface area contributed by atoms with Gasteiger partial charge in [0.1, 0.15) is 0 Å². The van der Waals surface area contributed by atoms with Gasteiger partial charge in [0.2, 0.25) is 0 Å². The number of allylic oxidation sites excluding steroid dienone is 1. The van der Waals surface area contributed by atoms with Crippen LogP contribution >= 0.6 is 0 Å². The molecule has 0 fully saturated rings. The van der Waals surface area contributed by atoms with Crippen molar-refractivity contribution in [3.05, 3.63) is 77.0 Å². The molecular formula is C17H16. The smallest absolute Gasteiger partial charge is 0.00188 e. The van der Waals surface area contributed by atoms with Gasteiger partial charge < -0.3 is 0 Å². The number of benzene rings is 2. The molecule has 0 nitrogen and oxygen atoms in total. The molecule has 0 aromatic heterocycles. The molecule has 0 heterocycles. The lowest BCUT2D eigenvalue weighted by atomic mass is 10.1. The SMILES string of the molecule is CC(=C=Cc1ccc(C)cc1)c1ccccc1. The fourth-order valence-electron chi connectivity index (χ4n) is 1.63. The van der Waals surface area contributed by atoms with Crippen LogP contribution in [0.4, 0.5) is 0 Å². The van der Waals surface area contributed by atoms with Crippen LogP contribution in [-0.2, 0) is 0 Å². The summed E-state index contributed by atoms with van der Waals surface area (Å²) in [7, 11) is 0. The lowest BCUT2D eigenvalue weighted by Crippen LogP contribution is -1.76. The zero-order valence-corrected chi connectivity index (χ0v) is 10.3. The van der Waals surface area contributed by atoms with Gasteiger partial charge in [0, 0.05) is 0 Å². The van der Waals surface area contributed by atoms with Crippen molar-refractivity contribution in [3.63, 3.8) is 0 Å². The molecule has 0 amide bonds. The van der Waals surface area contributed by atoms with Gasteiger partial charge in [-0.3, -0.25) is 0 Å². The molecule has 0 aliphatic heterocycles. The molecule has 2 aromatic rings. The van der Waals surface area contributed by atoms with Gasteiger partial charge in [-0.05, 0) is 36.6 Å². The third-order valence-corrected chi connectivity index (χ3v) is 2.74. The molecule has 0 bridgehead atoms. The third kappa shape index (κ3) is 3.21. The Morgan fingerprint density at radius 1 is 0.941 bits per heavy atom. The van der Waals surface area contributed by atoms with Crippen LogP contribution < -0.4 is 0 Å². The number of hydrogen-bond donors (Lipinski definition) is 0. The summed E-state index contributed by atoms with van der Waals surface area (Å²) < 4.78 is 0. The van der Waals surface area contributed by atoms with Crippen molar-refractivity contribution < 1.29 is 0 Å². The first kappa shape index (κ1) is 11.4. The molecule has 0 unspecified atom stereocenters. The van der Waals surface area contributed by atoms with Crippen LogP contribution in [0.25, 0.3) is 11.6 Å². The van der Waals surface area contributed by atoms with Crippen LogP contribution in [0.2, 0.25) is 0 Å². The van der Waals surface area contributed by atoms with Crippen LogP contribution in [0.5, 0.6) is 0 Å². The molecule has 0 saturated carbocycles. The summed E-state index contributed by atoms with van der Waals surface area (Å²) in [4.78, 5) is 0. The Morgan fingerprint density at radius 2 is 1.59 bits per heavy atom. The second-order valence-electron chi connectivity index (χ2n) is 4.19. The van der Waals surface area contributed by atoms with Gasteiger partial charge in [-0.15, -0.1) is 5.73 Å². The Balaban J connectivity index is 2.27. The van der Waals surface area contributed by atoms with Crippen LogP contribution in [0.3, 0.4) is 0 Å². The topological polar surface area (TPSA) is 0 Å². The van der Waals surface area contributed by atoms with E-state index in [1.807, 2.05) is 24.3 Å². The van der Waals surface area contributed by atoms with E-state index in [9.17, 15) is 0 Å². The highest BCUT2D eigenvalue weighted by Gasteiger charge is 1.91. The normalized spacial score (nSPS) is 9.53. The minimum atomic E-state index is 1.16. The quantitative estimate of drug-likeness (QED) is 0.643. The molecular weight excluding hydrogens is 204 g/mol. The third-order valence-electron chi connectivity index (χ3n) is 2.74. The highest BCUT2D eigenvalue weighted by molar-refractivity contribution is 5.67. The van der Waals surface area contributed by atoms with Crippen molar-refractivity contribution in [3.8, 4) is 0 Å². The summed E-state index contributed by atoms with van der Waals surface area (Å²) in [6.07, 6.45) is 2.03. The predicted octanol–water partition coefficient (Wildman–Crippen LogP) is 4.71. The molecule has 0 N–H and O–H groups in total. The van der Waals surface area contributed by atoms with Crippen molar-refractivity contribution in [1.29, 1.82) is 0 Å². The van der Waals surface area contributed by atoms with Gasteiger partial charge in [0.25, 0.3) is 0 Å². The van der Waals surface area contributed by atoms with Gasteiger partial charge in [0.15, 0.2) is 0 Å². The molecule has 84 valence electrons. The van der Waals surface area contributed by atoms with Crippen molar-refractivity contribution in [2.75, 3.05) is 0 Å². The summed E-state index contributed by atoms with van der Waals surface area (Å²) >= 11 is 0. The largest absolute Gasteiger partial charge is 0.116 e. The summed E-state index contributed by atoms with van der Waals surface area (Å²) in [6, 6.07) is 18.8. The average molecular weight is 220 g/mol. The molecule has 0 aliphatic rings.